The normalized spacial score (nSPS) is 23.9. The van der Waals surface area contributed by atoms with Crippen molar-refractivity contribution in [1.29, 1.82) is 0 Å². The van der Waals surface area contributed by atoms with Gasteiger partial charge < -0.3 is 10.1 Å². The fourth-order valence-electron chi connectivity index (χ4n) is 4.03. The molecule has 2 saturated carbocycles. The molecular weight excluding hydrogens is 320 g/mol. The minimum Gasteiger partial charge on any atom is -0.456 e. The largest absolute Gasteiger partial charge is 0.456 e. The number of ether oxygens (including phenoxy) is 1. The van der Waals surface area contributed by atoms with Gasteiger partial charge in [-0.3, -0.25) is 14.9 Å². The Balaban J connectivity index is 1.30. The molecule has 2 aliphatic rings. The molecule has 2 N–H and O–H groups in total. The van der Waals surface area contributed by atoms with E-state index in [1.54, 1.807) is 0 Å². The van der Waals surface area contributed by atoms with Gasteiger partial charge in [0.05, 0.1) is 0 Å². The molecule has 0 unspecified atom stereocenters. The maximum Gasteiger partial charge on any atom is 0.321 e. The number of rotatable bonds is 6. The Bertz CT molecular complexity index is 632. The molecule has 0 aliphatic heterocycles. The van der Waals surface area contributed by atoms with Crippen molar-refractivity contribution in [2.75, 3.05) is 6.61 Å². The molecule has 6 nitrogen and oxygen atoms in total. The first-order valence-corrected chi connectivity index (χ1v) is 8.87. The number of hydrogen-bond donors (Lipinski definition) is 2. The maximum atomic E-state index is 11.9. The number of esters is 1. The van der Waals surface area contributed by atoms with Crippen LogP contribution in [-0.4, -0.2) is 24.5 Å². The summed E-state index contributed by atoms with van der Waals surface area (Å²) in [5.41, 5.74) is 0.933. The van der Waals surface area contributed by atoms with Gasteiger partial charge in [-0.2, -0.15) is 0 Å². The second-order valence-corrected chi connectivity index (χ2v) is 7.02. The number of carbonyl (C=O) groups is 3. The summed E-state index contributed by atoms with van der Waals surface area (Å²) in [5, 5.41) is 4.74. The zero-order valence-electron chi connectivity index (χ0n) is 14.2. The maximum absolute atomic E-state index is 11.9. The summed E-state index contributed by atoms with van der Waals surface area (Å²) < 4.78 is 5.01. The molecule has 25 heavy (non-hydrogen) atoms. The van der Waals surface area contributed by atoms with Crippen LogP contribution in [0.4, 0.5) is 4.79 Å². The van der Waals surface area contributed by atoms with Gasteiger partial charge in [0.1, 0.15) is 0 Å². The van der Waals surface area contributed by atoms with Gasteiger partial charge in [-0.25, -0.2) is 4.79 Å². The first kappa shape index (κ1) is 17.5. The van der Waals surface area contributed by atoms with Crippen LogP contribution in [0.25, 0.3) is 0 Å². The molecule has 0 saturated heterocycles. The van der Waals surface area contributed by atoms with Crippen LogP contribution >= 0.6 is 0 Å². The molecular formula is C19H24N2O4. The van der Waals surface area contributed by atoms with Gasteiger partial charge in [0.2, 0.25) is 0 Å². The van der Waals surface area contributed by atoms with Gasteiger partial charge in [-0.15, -0.1) is 0 Å². The first-order chi connectivity index (χ1) is 12.1. The number of benzene rings is 1. The lowest BCUT2D eigenvalue weighted by Gasteiger charge is -2.20. The van der Waals surface area contributed by atoms with Crippen LogP contribution in [0, 0.1) is 17.8 Å². The van der Waals surface area contributed by atoms with E-state index in [2.05, 4.69) is 10.6 Å². The lowest BCUT2D eigenvalue weighted by molar-refractivity contribution is -0.149. The predicted molar refractivity (Wildman–Crippen MR) is 91.3 cm³/mol. The van der Waals surface area contributed by atoms with Crippen LogP contribution in [0.5, 0.6) is 0 Å². The highest BCUT2D eigenvalue weighted by Gasteiger charge is 2.40. The van der Waals surface area contributed by atoms with Crippen LogP contribution in [0.1, 0.15) is 37.7 Å². The van der Waals surface area contributed by atoms with Gasteiger partial charge >= 0.3 is 12.0 Å². The van der Waals surface area contributed by atoms with Gasteiger partial charge in [-0.05, 0) is 42.6 Å². The number of imide groups is 1. The second-order valence-electron chi connectivity index (χ2n) is 7.02. The van der Waals surface area contributed by atoms with Gasteiger partial charge in [-0.1, -0.05) is 36.8 Å². The van der Waals surface area contributed by atoms with E-state index >= 15 is 0 Å². The molecule has 3 amide bonds. The predicted octanol–water partition coefficient (Wildman–Crippen LogP) is 2.38. The van der Waals surface area contributed by atoms with Crippen LogP contribution in [0.15, 0.2) is 30.3 Å². The SMILES string of the molecule is O=C(COC(=O)C[C@H]1C[C@@H]2CC[C@@H]1C2)NC(=O)NCc1ccccc1. The standard InChI is InChI=1S/C19H24N2O4/c22-17(21-19(24)20-11-13-4-2-1-3-5-13)12-25-18(23)10-16-9-14-6-7-15(16)8-14/h1-5,14-16H,6-12H2,(H2,20,21,22,24)/t14-,15-,16-/m1/s1. The highest BCUT2D eigenvalue weighted by molar-refractivity contribution is 5.95. The molecule has 134 valence electrons. The van der Waals surface area contributed by atoms with E-state index in [4.69, 9.17) is 4.74 Å². The fraction of sp³-hybridized carbons (Fsp3) is 0.526. The Morgan fingerprint density at radius 2 is 1.88 bits per heavy atom. The summed E-state index contributed by atoms with van der Waals surface area (Å²) in [6, 6.07) is 8.78. The summed E-state index contributed by atoms with van der Waals surface area (Å²) in [7, 11) is 0. The molecule has 0 heterocycles. The number of carbonyl (C=O) groups excluding carboxylic acids is 3. The van der Waals surface area contributed by atoms with Gasteiger partial charge in [0, 0.05) is 13.0 Å². The number of nitrogens with one attached hydrogen (secondary N) is 2. The monoisotopic (exact) mass is 344 g/mol. The zero-order chi connectivity index (χ0) is 17.6. The van der Waals surface area contributed by atoms with E-state index in [1.165, 1.54) is 19.3 Å². The van der Waals surface area contributed by atoms with E-state index in [-0.39, 0.29) is 5.97 Å². The summed E-state index contributed by atoms with van der Waals surface area (Å²) in [6.07, 6.45) is 5.23. The number of urea groups is 1. The average Bonchev–Trinajstić information content (AvgIpc) is 3.22. The van der Waals surface area contributed by atoms with Crippen molar-refractivity contribution >= 4 is 17.9 Å². The Kier molecular flexibility index (Phi) is 5.68. The van der Waals surface area contributed by atoms with Crippen molar-refractivity contribution in [3.63, 3.8) is 0 Å². The molecule has 3 atom stereocenters. The van der Waals surface area contributed by atoms with E-state index in [0.717, 1.165) is 17.9 Å². The molecule has 6 heteroatoms. The Morgan fingerprint density at radius 3 is 2.56 bits per heavy atom. The Labute approximate surface area is 147 Å². The second kappa shape index (κ2) is 8.14. The molecule has 2 aliphatic carbocycles. The van der Waals surface area contributed by atoms with E-state index in [0.29, 0.717) is 24.8 Å². The van der Waals surface area contributed by atoms with Crippen LogP contribution in [0.3, 0.4) is 0 Å². The molecule has 0 aromatic heterocycles. The van der Waals surface area contributed by atoms with Crippen molar-refractivity contribution in [2.45, 2.75) is 38.6 Å². The molecule has 1 aromatic rings. The zero-order valence-corrected chi connectivity index (χ0v) is 14.2. The fourth-order valence-corrected chi connectivity index (χ4v) is 4.03. The van der Waals surface area contributed by atoms with E-state index < -0.39 is 18.5 Å². The first-order valence-electron chi connectivity index (χ1n) is 8.87. The van der Waals surface area contributed by atoms with E-state index in [9.17, 15) is 14.4 Å². The molecule has 3 rings (SSSR count). The molecule has 1 aromatic carbocycles. The quantitative estimate of drug-likeness (QED) is 0.776. The third-order valence-corrected chi connectivity index (χ3v) is 5.23. The van der Waals surface area contributed by atoms with Crippen LogP contribution < -0.4 is 10.6 Å². The molecule has 0 radical (unpaired) electrons. The summed E-state index contributed by atoms with van der Waals surface area (Å²) in [6.45, 7) is -0.0949. The highest BCUT2D eigenvalue weighted by Crippen LogP contribution is 2.49. The van der Waals surface area contributed by atoms with Crippen molar-refractivity contribution < 1.29 is 19.1 Å². The van der Waals surface area contributed by atoms with Gasteiger partial charge in [0.15, 0.2) is 6.61 Å². The van der Waals surface area contributed by atoms with Crippen molar-refractivity contribution in [2.24, 2.45) is 17.8 Å². The van der Waals surface area contributed by atoms with Crippen molar-refractivity contribution in [3.05, 3.63) is 35.9 Å². The minimum atomic E-state index is -0.619. The summed E-state index contributed by atoms with van der Waals surface area (Å²) in [4.78, 5) is 35.2. The highest BCUT2D eigenvalue weighted by atomic mass is 16.5. The summed E-state index contributed by atoms with van der Waals surface area (Å²) >= 11 is 0. The van der Waals surface area contributed by atoms with E-state index in [1.807, 2.05) is 30.3 Å². The van der Waals surface area contributed by atoms with Crippen molar-refractivity contribution in [1.82, 2.24) is 10.6 Å². The third-order valence-electron chi connectivity index (χ3n) is 5.23. The molecule has 2 bridgehead atoms. The minimum absolute atomic E-state index is 0.323. The Morgan fingerprint density at radius 1 is 1.08 bits per heavy atom. The Hall–Kier alpha value is -2.37. The number of hydrogen-bond acceptors (Lipinski definition) is 4. The van der Waals surface area contributed by atoms with Crippen molar-refractivity contribution in [3.8, 4) is 0 Å². The van der Waals surface area contributed by atoms with Crippen LogP contribution in [-0.2, 0) is 20.9 Å². The summed E-state index contributed by atoms with van der Waals surface area (Å²) in [5.74, 6) is 0.863. The van der Waals surface area contributed by atoms with Crippen LogP contribution in [0.2, 0.25) is 0 Å². The molecule has 2 fully saturated rings. The topological polar surface area (TPSA) is 84.5 Å². The molecule has 0 spiro atoms. The number of fused-ring (bicyclic) bond motifs is 2. The smallest absolute Gasteiger partial charge is 0.321 e. The van der Waals surface area contributed by atoms with Gasteiger partial charge in [0.25, 0.3) is 5.91 Å². The average molecular weight is 344 g/mol. The third kappa shape index (κ3) is 5.05. The lowest BCUT2D eigenvalue weighted by atomic mass is 9.86. The lowest BCUT2D eigenvalue weighted by Crippen LogP contribution is -2.41. The number of amides is 3.